The van der Waals surface area contributed by atoms with Gasteiger partial charge in [-0.2, -0.15) is 0 Å². The van der Waals surface area contributed by atoms with E-state index in [-0.39, 0.29) is 0 Å². The van der Waals surface area contributed by atoms with Crippen LogP contribution in [0, 0.1) is 0 Å². The summed E-state index contributed by atoms with van der Waals surface area (Å²) in [5.41, 5.74) is 5.91. The van der Waals surface area contributed by atoms with Crippen LogP contribution in [0.15, 0.2) is 0 Å². The summed E-state index contributed by atoms with van der Waals surface area (Å²) in [5, 5.41) is 0. The fourth-order valence-corrected chi connectivity index (χ4v) is 2.73. The van der Waals surface area contributed by atoms with E-state index in [1.54, 1.807) is 0 Å². The van der Waals surface area contributed by atoms with Crippen LogP contribution in [0.2, 0.25) is 0 Å². The lowest BCUT2D eigenvalue weighted by Crippen LogP contribution is -2.46. The second kappa shape index (κ2) is 8.90. The summed E-state index contributed by atoms with van der Waals surface area (Å²) < 4.78 is 5.41. The van der Waals surface area contributed by atoms with Crippen LogP contribution < -0.4 is 5.73 Å². The van der Waals surface area contributed by atoms with E-state index in [1.165, 1.54) is 44.9 Å². The molecule has 0 aliphatic carbocycles. The lowest BCUT2D eigenvalue weighted by molar-refractivity contribution is 0.0267. The Kier molecular flexibility index (Phi) is 7.82. The molecule has 1 fully saturated rings. The topological polar surface area (TPSA) is 38.5 Å². The van der Waals surface area contributed by atoms with Gasteiger partial charge in [-0.05, 0) is 19.3 Å². The second-order valence-electron chi connectivity index (χ2n) is 5.21. The minimum atomic E-state index is 0.477. The Labute approximate surface area is 107 Å². The maximum Gasteiger partial charge on any atom is 0.0595 e. The van der Waals surface area contributed by atoms with Crippen LogP contribution >= 0.6 is 0 Å². The monoisotopic (exact) mass is 242 g/mol. The van der Waals surface area contributed by atoms with Gasteiger partial charge in [-0.15, -0.1) is 0 Å². The van der Waals surface area contributed by atoms with E-state index in [4.69, 9.17) is 10.5 Å². The normalized spacial score (nSPS) is 20.6. The van der Waals surface area contributed by atoms with Crippen molar-refractivity contribution < 1.29 is 4.74 Å². The third-order valence-electron chi connectivity index (χ3n) is 3.99. The zero-order valence-electron chi connectivity index (χ0n) is 11.7. The maximum atomic E-state index is 5.91. The van der Waals surface area contributed by atoms with Gasteiger partial charge in [-0.1, -0.05) is 32.6 Å². The van der Waals surface area contributed by atoms with Crippen LogP contribution in [0.3, 0.4) is 0 Å². The second-order valence-corrected chi connectivity index (χ2v) is 5.21. The predicted molar refractivity (Wildman–Crippen MR) is 73.2 cm³/mol. The molecule has 0 spiro atoms. The molecule has 0 amide bonds. The number of methoxy groups -OCH3 is 1. The molecule has 0 aromatic rings. The van der Waals surface area contributed by atoms with Crippen molar-refractivity contribution in [3.63, 3.8) is 0 Å². The summed E-state index contributed by atoms with van der Waals surface area (Å²) in [5.74, 6) is 0. The first kappa shape index (κ1) is 14.9. The smallest absolute Gasteiger partial charge is 0.0595 e. The summed E-state index contributed by atoms with van der Waals surface area (Å²) in [4.78, 5) is 2.57. The molecule has 0 bridgehead atoms. The highest BCUT2D eigenvalue weighted by Gasteiger charge is 2.23. The molecule has 1 atom stereocenters. The third kappa shape index (κ3) is 5.36. The number of hydrogen-bond donors (Lipinski definition) is 1. The molecule has 2 N–H and O–H groups in total. The van der Waals surface area contributed by atoms with E-state index in [2.05, 4.69) is 11.8 Å². The van der Waals surface area contributed by atoms with Gasteiger partial charge in [0.15, 0.2) is 0 Å². The largest absolute Gasteiger partial charge is 0.381 e. The van der Waals surface area contributed by atoms with E-state index >= 15 is 0 Å². The van der Waals surface area contributed by atoms with Crippen LogP contribution in [0.1, 0.15) is 51.9 Å². The minimum Gasteiger partial charge on any atom is -0.381 e. The maximum absolute atomic E-state index is 5.91. The Hall–Kier alpha value is -0.120. The van der Waals surface area contributed by atoms with Gasteiger partial charge >= 0.3 is 0 Å². The molecule has 102 valence electrons. The first-order valence-electron chi connectivity index (χ1n) is 7.28. The Morgan fingerprint density at radius 1 is 1.24 bits per heavy atom. The lowest BCUT2D eigenvalue weighted by Gasteiger charge is -2.36. The van der Waals surface area contributed by atoms with Crippen molar-refractivity contribution in [3.05, 3.63) is 0 Å². The molecule has 1 rings (SSSR count). The van der Waals surface area contributed by atoms with Crippen molar-refractivity contribution >= 4 is 0 Å². The van der Waals surface area contributed by atoms with Gasteiger partial charge in [0.2, 0.25) is 0 Å². The van der Waals surface area contributed by atoms with Crippen molar-refractivity contribution in [3.8, 4) is 0 Å². The summed E-state index contributed by atoms with van der Waals surface area (Å²) >= 11 is 0. The molecule has 1 saturated heterocycles. The molecular formula is C14H30N2O. The zero-order valence-corrected chi connectivity index (χ0v) is 11.7. The van der Waals surface area contributed by atoms with Crippen LogP contribution in [0.5, 0.6) is 0 Å². The van der Waals surface area contributed by atoms with E-state index in [0.717, 1.165) is 19.6 Å². The SMILES string of the molecule is CCCCCCC(CN)N1CCC(OC)CC1. The fraction of sp³-hybridized carbons (Fsp3) is 1.00. The highest BCUT2D eigenvalue weighted by molar-refractivity contribution is 4.79. The molecule has 1 aliphatic rings. The molecule has 17 heavy (non-hydrogen) atoms. The Bertz CT molecular complexity index is 179. The molecule has 3 heteroatoms. The molecule has 0 saturated carbocycles. The van der Waals surface area contributed by atoms with Crippen molar-refractivity contribution in [1.82, 2.24) is 4.90 Å². The fourth-order valence-electron chi connectivity index (χ4n) is 2.73. The summed E-state index contributed by atoms with van der Waals surface area (Å²) in [6.45, 7) is 5.39. The van der Waals surface area contributed by atoms with Gasteiger partial charge in [-0.3, -0.25) is 4.90 Å². The number of unbranched alkanes of at least 4 members (excludes halogenated alkanes) is 3. The third-order valence-corrected chi connectivity index (χ3v) is 3.99. The van der Waals surface area contributed by atoms with Crippen LogP contribution in [-0.4, -0.2) is 43.8 Å². The Morgan fingerprint density at radius 3 is 2.47 bits per heavy atom. The number of rotatable bonds is 8. The van der Waals surface area contributed by atoms with Crippen LogP contribution in [-0.2, 0) is 4.74 Å². The van der Waals surface area contributed by atoms with E-state index < -0.39 is 0 Å². The van der Waals surface area contributed by atoms with Gasteiger partial charge in [0.25, 0.3) is 0 Å². The molecule has 1 heterocycles. The average molecular weight is 242 g/mol. The van der Waals surface area contributed by atoms with Gasteiger partial charge in [0.05, 0.1) is 6.10 Å². The lowest BCUT2D eigenvalue weighted by atomic mass is 10.0. The number of likely N-dealkylation sites (tertiary alicyclic amines) is 1. The van der Waals surface area contributed by atoms with Crippen LogP contribution in [0.25, 0.3) is 0 Å². The standard InChI is InChI=1S/C14H30N2O/c1-3-4-5-6-7-13(12-15)16-10-8-14(17-2)9-11-16/h13-14H,3-12,15H2,1-2H3. The highest BCUT2D eigenvalue weighted by Crippen LogP contribution is 2.18. The van der Waals surface area contributed by atoms with Crippen molar-refractivity contribution in [2.24, 2.45) is 5.73 Å². The van der Waals surface area contributed by atoms with E-state index in [0.29, 0.717) is 12.1 Å². The number of hydrogen-bond acceptors (Lipinski definition) is 3. The van der Waals surface area contributed by atoms with E-state index in [9.17, 15) is 0 Å². The molecule has 1 aliphatic heterocycles. The quantitative estimate of drug-likeness (QED) is 0.664. The van der Waals surface area contributed by atoms with Crippen molar-refractivity contribution in [2.45, 2.75) is 64.0 Å². The zero-order chi connectivity index (χ0) is 12.5. The molecule has 0 aromatic heterocycles. The van der Waals surface area contributed by atoms with Gasteiger partial charge in [-0.25, -0.2) is 0 Å². The predicted octanol–water partition coefficient (Wildman–Crippen LogP) is 2.39. The Balaban J connectivity index is 2.21. The molecule has 1 unspecified atom stereocenters. The molecule has 0 aromatic carbocycles. The minimum absolute atomic E-state index is 0.477. The molecule has 3 nitrogen and oxygen atoms in total. The number of nitrogens with two attached hydrogens (primary N) is 1. The average Bonchev–Trinajstić information content (AvgIpc) is 2.39. The Morgan fingerprint density at radius 2 is 1.94 bits per heavy atom. The summed E-state index contributed by atoms with van der Waals surface area (Å²) in [6, 6.07) is 0.602. The molecular weight excluding hydrogens is 212 g/mol. The summed E-state index contributed by atoms with van der Waals surface area (Å²) in [6.07, 6.45) is 9.46. The van der Waals surface area contributed by atoms with Crippen molar-refractivity contribution in [1.29, 1.82) is 0 Å². The summed E-state index contributed by atoms with van der Waals surface area (Å²) in [7, 11) is 1.82. The first-order chi connectivity index (χ1) is 8.31. The van der Waals surface area contributed by atoms with Crippen molar-refractivity contribution in [2.75, 3.05) is 26.7 Å². The van der Waals surface area contributed by atoms with Gasteiger partial charge < -0.3 is 10.5 Å². The van der Waals surface area contributed by atoms with Crippen LogP contribution in [0.4, 0.5) is 0 Å². The highest BCUT2D eigenvalue weighted by atomic mass is 16.5. The van der Waals surface area contributed by atoms with Gasteiger partial charge in [0.1, 0.15) is 0 Å². The first-order valence-corrected chi connectivity index (χ1v) is 7.28. The van der Waals surface area contributed by atoms with Gasteiger partial charge in [0, 0.05) is 32.8 Å². The van der Waals surface area contributed by atoms with E-state index in [1.807, 2.05) is 7.11 Å². The number of ether oxygens (including phenoxy) is 1. The number of piperidine rings is 1. The number of nitrogens with zero attached hydrogens (tertiary/aromatic N) is 1. The molecule has 0 radical (unpaired) electrons.